The summed E-state index contributed by atoms with van der Waals surface area (Å²) >= 11 is 0. The van der Waals surface area contributed by atoms with Gasteiger partial charge in [0.1, 0.15) is 0 Å². The van der Waals surface area contributed by atoms with Crippen LogP contribution in [0.1, 0.15) is 18.4 Å². The average molecular weight is 356 g/mol. The van der Waals surface area contributed by atoms with Gasteiger partial charge in [-0.05, 0) is 32.0 Å². The summed E-state index contributed by atoms with van der Waals surface area (Å²) in [6.45, 7) is 7.50. The Hall–Kier alpha value is -1.85. The van der Waals surface area contributed by atoms with Crippen molar-refractivity contribution in [3.05, 3.63) is 42.0 Å². The lowest BCUT2D eigenvalue weighted by molar-refractivity contribution is 0.193. The normalized spacial score (nSPS) is 23.1. The highest BCUT2D eigenvalue weighted by Crippen LogP contribution is 2.13. The van der Waals surface area contributed by atoms with Gasteiger partial charge in [0.25, 0.3) is 0 Å². The molecule has 1 unspecified atom stereocenters. The van der Waals surface area contributed by atoms with Crippen molar-refractivity contribution in [1.29, 1.82) is 0 Å². The van der Waals surface area contributed by atoms with Crippen LogP contribution >= 0.6 is 0 Å². The lowest BCUT2D eigenvalue weighted by Crippen LogP contribution is -2.53. The van der Waals surface area contributed by atoms with Crippen LogP contribution in [0.15, 0.2) is 41.4 Å². The molecule has 0 bridgehead atoms. The largest absolute Gasteiger partial charge is 0.355 e. The van der Waals surface area contributed by atoms with Crippen LogP contribution < -0.4 is 5.32 Å². The molecular weight excluding hydrogens is 322 g/mol. The third-order valence-corrected chi connectivity index (χ3v) is 5.52. The van der Waals surface area contributed by atoms with Crippen LogP contribution in [-0.4, -0.2) is 86.6 Å². The van der Waals surface area contributed by atoms with Crippen molar-refractivity contribution in [2.75, 3.05) is 59.9 Å². The number of rotatable bonds is 5. The predicted octanol–water partition coefficient (Wildman–Crippen LogP) is 1.99. The monoisotopic (exact) mass is 355 g/mol. The summed E-state index contributed by atoms with van der Waals surface area (Å²) in [6.07, 6.45) is 7.09. The van der Waals surface area contributed by atoms with Crippen LogP contribution in [-0.2, 0) is 0 Å². The molecule has 0 aromatic heterocycles. The number of nitrogens with zero attached hydrogens (tertiary/aromatic N) is 4. The van der Waals surface area contributed by atoms with Gasteiger partial charge < -0.3 is 15.1 Å². The lowest BCUT2D eigenvalue weighted by Gasteiger charge is -2.36. The van der Waals surface area contributed by atoms with Gasteiger partial charge in [-0.2, -0.15) is 0 Å². The lowest BCUT2D eigenvalue weighted by atomic mass is 10.2. The van der Waals surface area contributed by atoms with Crippen LogP contribution in [0.4, 0.5) is 0 Å². The first-order chi connectivity index (χ1) is 12.8. The van der Waals surface area contributed by atoms with Gasteiger partial charge in [-0.15, -0.1) is 0 Å². The highest BCUT2D eigenvalue weighted by atomic mass is 15.3. The molecule has 142 valence electrons. The number of aliphatic imine (C=N–C) groups is 1. The molecular formula is C21H33N5. The number of likely N-dealkylation sites (N-methyl/N-ethyl adjacent to an activating group) is 1. The van der Waals surface area contributed by atoms with E-state index in [1.54, 1.807) is 0 Å². The van der Waals surface area contributed by atoms with Gasteiger partial charge in [0.2, 0.25) is 0 Å². The molecule has 5 heteroatoms. The molecule has 0 amide bonds. The Morgan fingerprint density at radius 1 is 1.15 bits per heavy atom. The first-order valence-electron chi connectivity index (χ1n) is 9.86. The molecule has 2 saturated heterocycles. The quantitative estimate of drug-likeness (QED) is 0.647. The third-order valence-electron chi connectivity index (χ3n) is 5.52. The second-order valence-electron chi connectivity index (χ2n) is 7.31. The number of benzene rings is 1. The molecule has 1 aromatic rings. The van der Waals surface area contributed by atoms with Crippen LogP contribution in [0.3, 0.4) is 0 Å². The Labute approximate surface area is 158 Å². The van der Waals surface area contributed by atoms with Crippen molar-refractivity contribution in [3.63, 3.8) is 0 Å². The van der Waals surface area contributed by atoms with E-state index < -0.39 is 0 Å². The number of hydrogen-bond donors (Lipinski definition) is 1. The van der Waals surface area contributed by atoms with E-state index >= 15 is 0 Å². The summed E-state index contributed by atoms with van der Waals surface area (Å²) in [6, 6.07) is 11.2. The molecule has 3 rings (SSSR count). The first kappa shape index (κ1) is 18.9. The molecule has 0 spiro atoms. The van der Waals surface area contributed by atoms with E-state index in [1.165, 1.54) is 24.9 Å². The molecule has 1 N–H and O–H groups in total. The highest BCUT2D eigenvalue weighted by molar-refractivity contribution is 5.80. The van der Waals surface area contributed by atoms with Crippen LogP contribution in [0, 0.1) is 0 Å². The van der Waals surface area contributed by atoms with Gasteiger partial charge in [0.05, 0.1) is 0 Å². The maximum Gasteiger partial charge on any atom is 0.193 e. The molecule has 0 aliphatic carbocycles. The summed E-state index contributed by atoms with van der Waals surface area (Å²) < 4.78 is 0. The zero-order chi connectivity index (χ0) is 18.2. The molecule has 26 heavy (non-hydrogen) atoms. The van der Waals surface area contributed by atoms with Crippen LogP contribution in [0.25, 0.3) is 6.08 Å². The number of likely N-dealkylation sites (tertiary alicyclic amines) is 1. The van der Waals surface area contributed by atoms with Crippen LogP contribution in [0.5, 0.6) is 0 Å². The Kier molecular flexibility index (Phi) is 7.09. The Morgan fingerprint density at radius 3 is 2.58 bits per heavy atom. The molecule has 2 heterocycles. The van der Waals surface area contributed by atoms with Crippen molar-refractivity contribution in [2.45, 2.75) is 18.9 Å². The van der Waals surface area contributed by atoms with E-state index in [9.17, 15) is 0 Å². The zero-order valence-corrected chi connectivity index (χ0v) is 16.3. The summed E-state index contributed by atoms with van der Waals surface area (Å²) in [4.78, 5) is 11.9. The Morgan fingerprint density at radius 2 is 1.92 bits per heavy atom. The van der Waals surface area contributed by atoms with Crippen LogP contribution in [0.2, 0.25) is 0 Å². The summed E-state index contributed by atoms with van der Waals surface area (Å²) in [7, 11) is 4.12. The zero-order valence-electron chi connectivity index (χ0n) is 16.3. The minimum atomic E-state index is 0.649. The predicted molar refractivity (Wildman–Crippen MR) is 111 cm³/mol. The SMILES string of the molecule is CN=C(NCC1CCCN1C)N1CCN(C/C=C/c2ccccc2)CC1. The first-order valence-corrected chi connectivity index (χ1v) is 9.86. The molecule has 5 nitrogen and oxygen atoms in total. The van der Waals surface area contributed by atoms with E-state index in [2.05, 4.69) is 74.5 Å². The maximum atomic E-state index is 4.51. The Bertz CT molecular complexity index is 590. The van der Waals surface area contributed by atoms with Gasteiger partial charge in [0, 0.05) is 52.4 Å². The number of guanidine groups is 1. The van der Waals surface area contributed by atoms with Crippen molar-refractivity contribution in [1.82, 2.24) is 20.0 Å². The summed E-state index contributed by atoms with van der Waals surface area (Å²) in [5.74, 6) is 1.06. The van der Waals surface area contributed by atoms with Gasteiger partial charge in [-0.25, -0.2) is 0 Å². The third kappa shape index (κ3) is 5.32. The van der Waals surface area contributed by atoms with Crippen molar-refractivity contribution in [3.8, 4) is 0 Å². The molecule has 0 radical (unpaired) electrons. The van der Waals surface area contributed by atoms with E-state index in [4.69, 9.17) is 0 Å². The van der Waals surface area contributed by atoms with E-state index in [1.807, 2.05) is 7.05 Å². The molecule has 2 aliphatic heterocycles. The van der Waals surface area contributed by atoms with E-state index in [0.29, 0.717) is 6.04 Å². The molecule has 2 fully saturated rings. The fraction of sp³-hybridized carbons (Fsp3) is 0.571. The minimum absolute atomic E-state index is 0.649. The standard InChI is InChI=1S/C21H33N5/c1-22-21(23-18-20-11-7-12-24(20)2)26-16-14-25(15-17-26)13-6-10-19-8-4-3-5-9-19/h3-6,8-10,20H,7,11-18H2,1-2H3,(H,22,23)/b10-6+. The topological polar surface area (TPSA) is 34.1 Å². The highest BCUT2D eigenvalue weighted by Gasteiger charge is 2.23. The second kappa shape index (κ2) is 9.74. The maximum absolute atomic E-state index is 4.51. The van der Waals surface area contributed by atoms with Gasteiger partial charge in [0.15, 0.2) is 5.96 Å². The second-order valence-corrected chi connectivity index (χ2v) is 7.31. The fourth-order valence-electron chi connectivity index (χ4n) is 3.82. The van der Waals surface area contributed by atoms with Crippen molar-refractivity contribution < 1.29 is 0 Å². The molecule has 0 saturated carbocycles. The number of nitrogens with one attached hydrogen (secondary N) is 1. The fourth-order valence-corrected chi connectivity index (χ4v) is 3.82. The Balaban J connectivity index is 1.40. The molecule has 1 aromatic carbocycles. The van der Waals surface area contributed by atoms with Crippen molar-refractivity contribution >= 4 is 12.0 Å². The van der Waals surface area contributed by atoms with Gasteiger partial charge >= 0.3 is 0 Å². The van der Waals surface area contributed by atoms with Gasteiger partial charge in [-0.1, -0.05) is 42.5 Å². The van der Waals surface area contributed by atoms with E-state index in [0.717, 1.165) is 45.2 Å². The summed E-state index contributed by atoms with van der Waals surface area (Å²) in [5.41, 5.74) is 1.27. The van der Waals surface area contributed by atoms with E-state index in [-0.39, 0.29) is 0 Å². The smallest absolute Gasteiger partial charge is 0.193 e. The minimum Gasteiger partial charge on any atom is -0.355 e. The molecule has 2 aliphatic rings. The number of piperazine rings is 1. The van der Waals surface area contributed by atoms with Gasteiger partial charge in [-0.3, -0.25) is 9.89 Å². The summed E-state index contributed by atoms with van der Waals surface area (Å²) in [5, 5.41) is 3.59. The van der Waals surface area contributed by atoms with Crippen molar-refractivity contribution in [2.24, 2.45) is 4.99 Å². The number of hydrogen-bond acceptors (Lipinski definition) is 3. The average Bonchev–Trinajstić information content (AvgIpc) is 3.09. The molecule has 1 atom stereocenters.